The van der Waals surface area contributed by atoms with E-state index in [2.05, 4.69) is 25.8 Å². The Morgan fingerprint density at radius 3 is 2.18 bits per heavy atom. The number of aromatic nitrogens is 2. The number of ether oxygens (including phenoxy) is 2. The van der Waals surface area contributed by atoms with Crippen LogP contribution in [-0.4, -0.2) is 93.2 Å². The minimum absolute atomic E-state index is 0. The average molecular weight is 747 g/mol. The van der Waals surface area contributed by atoms with Crippen molar-refractivity contribution in [3.05, 3.63) is 32.6 Å². The van der Waals surface area contributed by atoms with Crippen molar-refractivity contribution in [2.24, 2.45) is 0 Å². The molecule has 14 heteroatoms. The van der Waals surface area contributed by atoms with Crippen molar-refractivity contribution < 1.29 is 32.4 Å². The first-order chi connectivity index (χ1) is 23.1. The Morgan fingerprint density at radius 1 is 0.959 bits per heavy atom. The zero-order valence-corrected chi connectivity index (χ0v) is 31.7. The molecule has 0 saturated carbocycles. The first-order valence-electron chi connectivity index (χ1n) is 18.5. The van der Waals surface area contributed by atoms with Gasteiger partial charge in [0.2, 0.25) is 0 Å². The molecule has 2 N–H and O–H groups in total. The summed E-state index contributed by atoms with van der Waals surface area (Å²) >= 11 is 2.02. The van der Waals surface area contributed by atoms with E-state index < -0.39 is 44.2 Å². The number of aromatic amines is 1. The fraction of sp³-hybridized carbons (Fsp3) is 0.886. The molecule has 1 fully saturated rings. The van der Waals surface area contributed by atoms with Crippen LogP contribution in [0.25, 0.3) is 0 Å². The van der Waals surface area contributed by atoms with E-state index in [-0.39, 0.29) is 54.3 Å². The van der Waals surface area contributed by atoms with Gasteiger partial charge < -0.3 is 14.4 Å². The molecule has 282 valence electrons. The molecule has 0 aliphatic carbocycles. The number of halogens is 1. The number of nitrogens with one attached hydrogen (secondary N) is 1. The van der Waals surface area contributed by atoms with E-state index in [1.54, 1.807) is 0 Å². The van der Waals surface area contributed by atoms with E-state index in [4.69, 9.17) is 18.5 Å². The van der Waals surface area contributed by atoms with Gasteiger partial charge in [-0.3, -0.25) is 23.4 Å². The van der Waals surface area contributed by atoms with Crippen LogP contribution >= 0.6 is 19.6 Å². The van der Waals surface area contributed by atoms with E-state index in [1.807, 2.05) is 11.8 Å². The van der Waals surface area contributed by atoms with Crippen LogP contribution in [0.5, 0.6) is 0 Å². The van der Waals surface area contributed by atoms with Gasteiger partial charge in [0.05, 0.1) is 19.3 Å². The molecule has 1 aromatic heterocycles. The van der Waals surface area contributed by atoms with Gasteiger partial charge in [-0.1, -0.05) is 104 Å². The Kier molecular flexibility index (Phi) is 26.5. The number of unbranched alkanes of at least 4 members (excludes halogenated alkanes) is 13. The van der Waals surface area contributed by atoms with Gasteiger partial charge in [0.25, 0.3) is 5.56 Å². The molecule has 1 aliphatic heterocycles. The van der Waals surface area contributed by atoms with Crippen molar-refractivity contribution in [2.45, 2.75) is 173 Å². The summed E-state index contributed by atoms with van der Waals surface area (Å²) in [6.07, 6.45) is 18.6. The summed E-state index contributed by atoms with van der Waals surface area (Å²) in [5.74, 6) is 1.14. The van der Waals surface area contributed by atoms with Crippen molar-refractivity contribution in [1.82, 2.24) is 9.55 Å². The van der Waals surface area contributed by atoms with Crippen LogP contribution in [0.3, 0.4) is 0 Å². The van der Waals surface area contributed by atoms with Crippen molar-refractivity contribution >= 4 is 49.1 Å². The summed E-state index contributed by atoms with van der Waals surface area (Å²) in [7, 11) is -4.45. The number of phosphoric acid groups is 1. The number of rotatable bonds is 29. The van der Waals surface area contributed by atoms with Gasteiger partial charge in [-0.15, -0.1) is 0 Å². The van der Waals surface area contributed by atoms with Crippen LogP contribution in [-0.2, 0) is 23.1 Å². The third-order valence-corrected chi connectivity index (χ3v) is 11.4. The Morgan fingerprint density at radius 2 is 1.55 bits per heavy atom. The van der Waals surface area contributed by atoms with Gasteiger partial charge in [-0.05, 0) is 38.9 Å². The molecule has 0 bridgehead atoms. The second-order valence-corrected chi connectivity index (χ2v) is 16.0. The van der Waals surface area contributed by atoms with Gasteiger partial charge >= 0.3 is 43.1 Å². The van der Waals surface area contributed by atoms with Crippen LogP contribution in [0.4, 0.5) is 4.39 Å². The molecule has 2 heterocycles. The molecule has 3 unspecified atom stereocenters. The van der Waals surface area contributed by atoms with Gasteiger partial charge in [0.1, 0.15) is 18.5 Å². The second-order valence-electron chi connectivity index (χ2n) is 13.2. The molecule has 1 saturated heterocycles. The molecule has 0 aromatic carbocycles. The van der Waals surface area contributed by atoms with Crippen LogP contribution in [0.2, 0.25) is 0 Å². The summed E-state index contributed by atoms with van der Waals surface area (Å²) in [4.78, 5) is 36.1. The van der Waals surface area contributed by atoms with Gasteiger partial charge in [0, 0.05) is 30.0 Å². The number of hydrogen-bond acceptors (Lipinski definition) is 8. The molecule has 0 radical (unpaired) electrons. The fourth-order valence-electron chi connectivity index (χ4n) is 5.86. The SMILES string of the molecule is CCCCCCCCCCCCSC(CCCCCCC)C(C)OCCCOP(=O)(O)OC[C@H]1O[C@@H](n2cc(C)c(=O)[nH]c2=O)C[C@@H]1F.[NaH]. The maximum absolute atomic E-state index is 14.6. The molecule has 49 heavy (non-hydrogen) atoms. The minimum atomic E-state index is -4.45. The van der Waals surface area contributed by atoms with Gasteiger partial charge in [-0.25, -0.2) is 13.8 Å². The van der Waals surface area contributed by atoms with E-state index in [9.17, 15) is 23.4 Å². The normalized spacial score (nSPS) is 20.2. The summed E-state index contributed by atoms with van der Waals surface area (Å²) in [5.41, 5.74) is -0.968. The van der Waals surface area contributed by atoms with Crippen LogP contribution < -0.4 is 11.2 Å². The molecule has 10 nitrogen and oxygen atoms in total. The average Bonchev–Trinajstić information content (AvgIpc) is 3.42. The Balaban J connectivity index is 0.0000120. The van der Waals surface area contributed by atoms with E-state index in [0.717, 1.165) is 16.7 Å². The van der Waals surface area contributed by atoms with Crippen molar-refractivity contribution in [3.8, 4) is 0 Å². The second kappa shape index (κ2) is 27.6. The van der Waals surface area contributed by atoms with Crippen molar-refractivity contribution in [1.29, 1.82) is 0 Å². The van der Waals surface area contributed by atoms with Crippen LogP contribution in [0.1, 0.15) is 148 Å². The maximum atomic E-state index is 14.6. The standard InChI is InChI=1S/C35H64FN2O8PS.Na.H/c1-5-7-9-11-12-13-14-15-17-19-24-48-32(21-18-16-10-8-6-2)29(4)43-22-20-23-44-47(41,42)45-27-31-30(36)25-33(46-31)38-26-28(3)34(39)37-35(38)40;;/h26,29-33H,5-25,27H2,1-4H3,(H,41,42)(H,37,39,40);;/t29?,30-,31+,32?,33+;;/m0../s1. The van der Waals surface area contributed by atoms with Crippen molar-refractivity contribution in [3.63, 3.8) is 0 Å². The molecule has 0 spiro atoms. The first-order valence-corrected chi connectivity index (χ1v) is 21.1. The van der Waals surface area contributed by atoms with E-state index in [0.29, 0.717) is 18.3 Å². The summed E-state index contributed by atoms with van der Waals surface area (Å²) in [5, 5.41) is 0.415. The first kappa shape index (κ1) is 47.0. The number of thioether (sulfide) groups is 1. The molecule has 1 aromatic rings. The van der Waals surface area contributed by atoms with Crippen LogP contribution in [0.15, 0.2) is 15.8 Å². The molecule has 0 amide bonds. The fourth-order valence-corrected chi connectivity index (χ4v) is 7.98. The quantitative estimate of drug-likeness (QED) is 0.0474. The number of aryl methyl sites for hydroxylation is 1. The Hall–Kier alpha value is -0.0100. The topological polar surface area (TPSA) is 129 Å². The summed E-state index contributed by atoms with van der Waals surface area (Å²) in [6, 6.07) is 0. The summed E-state index contributed by atoms with van der Waals surface area (Å²) in [6.45, 7) is 7.95. The Bertz CT molecular complexity index is 1160. The monoisotopic (exact) mass is 746 g/mol. The van der Waals surface area contributed by atoms with E-state index in [1.165, 1.54) is 109 Å². The summed E-state index contributed by atoms with van der Waals surface area (Å²) < 4.78 is 50.0. The number of hydrogen-bond donors (Lipinski definition) is 2. The zero-order valence-electron chi connectivity index (χ0n) is 30.0. The van der Waals surface area contributed by atoms with Gasteiger partial charge in [-0.2, -0.15) is 11.8 Å². The molecule has 6 atom stereocenters. The predicted molar refractivity (Wildman–Crippen MR) is 200 cm³/mol. The molecular formula is C35H65FN2NaO8PS. The zero-order chi connectivity index (χ0) is 35.2. The third kappa shape index (κ3) is 20.1. The molecule has 2 rings (SSSR count). The predicted octanol–water partition coefficient (Wildman–Crippen LogP) is 8.13. The molecule has 1 aliphatic rings. The van der Waals surface area contributed by atoms with Gasteiger partial charge in [0.15, 0.2) is 0 Å². The number of alkyl halides is 1. The van der Waals surface area contributed by atoms with Crippen LogP contribution in [0, 0.1) is 6.92 Å². The van der Waals surface area contributed by atoms with Crippen molar-refractivity contribution in [2.75, 3.05) is 25.6 Å². The van der Waals surface area contributed by atoms with E-state index >= 15 is 0 Å². The number of H-pyrrole nitrogens is 1. The molecular weight excluding hydrogens is 681 g/mol. The number of nitrogens with zero attached hydrogens (tertiary/aromatic N) is 1. The third-order valence-electron chi connectivity index (χ3n) is 8.89. The number of phosphoric ester groups is 1. The Labute approximate surface area is 320 Å².